The van der Waals surface area contributed by atoms with Crippen LogP contribution in [-0.4, -0.2) is 37.6 Å². The summed E-state index contributed by atoms with van der Waals surface area (Å²) in [7, 11) is -3.49. The van der Waals surface area contributed by atoms with Crippen molar-refractivity contribution in [3.63, 3.8) is 0 Å². The number of rotatable bonds is 5. The summed E-state index contributed by atoms with van der Waals surface area (Å²) in [5.74, 6) is -0.417. The highest BCUT2D eigenvalue weighted by molar-refractivity contribution is 7.91. The minimum absolute atomic E-state index is 0.169. The van der Waals surface area contributed by atoms with Crippen molar-refractivity contribution in [1.82, 2.24) is 4.31 Å². The molecule has 1 aliphatic heterocycles. The zero-order valence-electron chi connectivity index (χ0n) is 16.7. The minimum Gasteiger partial charge on any atom is -0.365 e. The molecule has 0 bridgehead atoms. The van der Waals surface area contributed by atoms with Crippen LogP contribution in [-0.2, 0) is 27.7 Å². The number of nitrogens with one attached hydrogen (secondary N) is 1. The maximum atomic E-state index is 12.9. The number of anilines is 1. The molecule has 1 atom stereocenters. The molecule has 3 heterocycles. The third-order valence-electron chi connectivity index (χ3n) is 5.91. The van der Waals surface area contributed by atoms with Crippen LogP contribution in [0.2, 0.25) is 0 Å². The number of carbonyl (C=O) groups is 2. The van der Waals surface area contributed by atoms with Crippen molar-refractivity contribution in [3.05, 3.63) is 33.5 Å². The van der Waals surface area contributed by atoms with E-state index in [1.165, 1.54) is 27.0 Å². The van der Waals surface area contributed by atoms with Gasteiger partial charge in [0.05, 0.1) is 5.56 Å². The molecule has 0 radical (unpaired) electrons. The third kappa shape index (κ3) is 4.05. The summed E-state index contributed by atoms with van der Waals surface area (Å²) in [4.78, 5) is 26.1. The first-order valence-corrected chi connectivity index (χ1v) is 13.2. The fourth-order valence-corrected chi connectivity index (χ4v) is 8.24. The van der Waals surface area contributed by atoms with Crippen LogP contribution in [0.1, 0.15) is 47.0 Å². The van der Waals surface area contributed by atoms with Gasteiger partial charge in [-0.1, -0.05) is 13.0 Å². The maximum Gasteiger partial charge on any atom is 0.252 e. The van der Waals surface area contributed by atoms with Crippen molar-refractivity contribution in [3.8, 4) is 0 Å². The SMILES string of the molecule is C[C@@H]1CCc2c(sc(NC(=O)C3CCN(S(=O)(=O)c4cccs4)CC3)c2C(N)=O)C1. The number of hydrogen-bond donors (Lipinski definition) is 2. The van der Waals surface area contributed by atoms with Crippen molar-refractivity contribution in [2.24, 2.45) is 17.6 Å². The predicted octanol–water partition coefficient (Wildman–Crippen LogP) is 3.07. The van der Waals surface area contributed by atoms with Crippen LogP contribution in [0, 0.1) is 11.8 Å². The molecule has 2 aromatic rings. The van der Waals surface area contributed by atoms with Gasteiger partial charge in [0.15, 0.2) is 0 Å². The van der Waals surface area contributed by atoms with Gasteiger partial charge < -0.3 is 11.1 Å². The number of nitrogens with zero attached hydrogens (tertiary/aromatic N) is 1. The lowest BCUT2D eigenvalue weighted by Gasteiger charge is -2.30. The number of piperidine rings is 1. The van der Waals surface area contributed by atoms with Gasteiger partial charge in [0, 0.05) is 23.9 Å². The Bertz CT molecular complexity index is 1050. The van der Waals surface area contributed by atoms with E-state index in [9.17, 15) is 18.0 Å². The quantitative estimate of drug-likeness (QED) is 0.704. The number of carbonyl (C=O) groups excluding carboxylic acids is 2. The Kier molecular flexibility index (Phi) is 6.02. The highest BCUT2D eigenvalue weighted by atomic mass is 32.2. The Morgan fingerprint density at radius 2 is 1.97 bits per heavy atom. The van der Waals surface area contributed by atoms with Crippen molar-refractivity contribution in [1.29, 1.82) is 0 Å². The van der Waals surface area contributed by atoms with E-state index in [0.29, 0.717) is 46.6 Å². The molecule has 0 unspecified atom stereocenters. The molecule has 0 saturated carbocycles. The highest BCUT2D eigenvalue weighted by Crippen LogP contribution is 2.40. The average molecular weight is 468 g/mol. The maximum absolute atomic E-state index is 12.9. The summed E-state index contributed by atoms with van der Waals surface area (Å²) in [6.07, 6.45) is 3.61. The molecule has 1 saturated heterocycles. The normalized spacial score (nSPS) is 20.6. The topological polar surface area (TPSA) is 110 Å². The Balaban J connectivity index is 1.44. The van der Waals surface area contributed by atoms with Gasteiger partial charge in [-0.15, -0.1) is 22.7 Å². The molecular formula is C20H25N3O4S3. The van der Waals surface area contributed by atoms with Crippen LogP contribution < -0.4 is 11.1 Å². The lowest BCUT2D eigenvalue weighted by atomic mass is 9.88. The number of nitrogens with two attached hydrogens (primary N) is 1. The molecule has 4 rings (SSSR count). The first kappa shape index (κ1) is 21.5. The monoisotopic (exact) mass is 467 g/mol. The first-order chi connectivity index (χ1) is 14.3. The van der Waals surface area contributed by atoms with Gasteiger partial charge in [0.2, 0.25) is 5.91 Å². The molecule has 10 heteroatoms. The van der Waals surface area contributed by atoms with Crippen molar-refractivity contribution in [2.45, 2.75) is 43.2 Å². The van der Waals surface area contributed by atoms with E-state index in [1.54, 1.807) is 17.5 Å². The average Bonchev–Trinajstić information content (AvgIpc) is 3.36. The fourth-order valence-electron chi connectivity index (χ4n) is 4.21. The van der Waals surface area contributed by atoms with Gasteiger partial charge in [0.25, 0.3) is 15.9 Å². The van der Waals surface area contributed by atoms with E-state index in [4.69, 9.17) is 5.73 Å². The standard InChI is InChI=1S/C20H25N3O4S3/c1-12-4-5-14-15(11-12)29-20(17(14)18(21)24)22-19(25)13-6-8-23(9-7-13)30(26,27)16-3-2-10-28-16/h2-3,10,12-13H,4-9,11H2,1H3,(H2,21,24)(H,22,25)/t12-/m1/s1. The zero-order valence-corrected chi connectivity index (χ0v) is 19.2. The molecule has 30 heavy (non-hydrogen) atoms. The van der Waals surface area contributed by atoms with Gasteiger partial charge in [0.1, 0.15) is 9.21 Å². The highest BCUT2D eigenvalue weighted by Gasteiger charge is 2.34. The molecule has 2 amide bonds. The summed E-state index contributed by atoms with van der Waals surface area (Å²) in [6.45, 7) is 2.79. The molecule has 0 spiro atoms. The first-order valence-electron chi connectivity index (χ1n) is 10.1. The Morgan fingerprint density at radius 3 is 2.60 bits per heavy atom. The predicted molar refractivity (Wildman–Crippen MR) is 118 cm³/mol. The lowest BCUT2D eigenvalue weighted by molar-refractivity contribution is -0.120. The fraction of sp³-hybridized carbons (Fsp3) is 0.500. The van der Waals surface area contributed by atoms with Crippen LogP contribution >= 0.6 is 22.7 Å². The molecule has 2 aromatic heterocycles. The summed E-state index contributed by atoms with van der Waals surface area (Å²) >= 11 is 2.65. The Morgan fingerprint density at radius 1 is 1.23 bits per heavy atom. The number of sulfonamides is 1. The van der Waals surface area contributed by atoms with E-state index in [0.717, 1.165) is 29.7 Å². The second-order valence-electron chi connectivity index (χ2n) is 8.02. The molecule has 1 fully saturated rings. The van der Waals surface area contributed by atoms with E-state index in [2.05, 4.69) is 12.2 Å². The number of fused-ring (bicyclic) bond motifs is 1. The van der Waals surface area contributed by atoms with Crippen molar-refractivity contribution in [2.75, 3.05) is 18.4 Å². The lowest BCUT2D eigenvalue weighted by Crippen LogP contribution is -2.41. The second kappa shape index (κ2) is 8.41. The Hall–Kier alpha value is -1.75. The number of primary amides is 1. The van der Waals surface area contributed by atoms with E-state index in [-0.39, 0.29) is 11.8 Å². The van der Waals surface area contributed by atoms with Crippen LogP contribution in [0.15, 0.2) is 21.7 Å². The van der Waals surface area contributed by atoms with Gasteiger partial charge in [-0.2, -0.15) is 4.31 Å². The van der Waals surface area contributed by atoms with Gasteiger partial charge in [-0.05, 0) is 55.0 Å². The summed E-state index contributed by atoms with van der Waals surface area (Å²) in [6, 6.07) is 3.32. The molecule has 1 aliphatic carbocycles. The summed E-state index contributed by atoms with van der Waals surface area (Å²) < 4.78 is 27.1. The van der Waals surface area contributed by atoms with E-state index < -0.39 is 15.9 Å². The summed E-state index contributed by atoms with van der Waals surface area (Å²) in [5, 5.41) is 5.21. The number of hydrogen-bond acceptors (Lipinski definition) is 6. The molecule has 7 nitrogen and oxygen atoms in total. The Labute approximate surface area is 184 Å². The molecular weight excluding hydrogens is 442 g/mol. The minimum atomic E-state index is -3.49. The van der Waals surface area contributed by atoms with Crippen LogP contribution in [0.3, 0.4) is 0 Å². The smallest absolute Gasteiger partial charge is 0.252 e. The van der Waals surface area contributed by atoms with Gasteiger partial charge >= 0.3 is 0 Å². The largest absolute Gasteiger partial charge is 0.365 e. The zero-order chi connectivity index (χ0) is 21.5. The van der Waals surface area contributed by atoms with Crippen LogP contribution in [0.5, 0.6) is 0 Å². The molecule has 2 aliphatic rings. The second-order valence-corrected chi connectivity index (χ2v) is 12.2. The van der Waals surface area contributed by atoms with E-state index in [1.807, 2.05) is 0 Å². The molecule has 162 valence electrons. The third-order valence-corrected chi connectivity index (χ3v) is 10.4. The van der Waals surface area contributed by atoms with E-state index >= 15 is 0 Å². The van der Waals surface area contributed by atoms with Crippen molar-refractivity contribution < 1.29 is 18.0 Å². The van der Waals surface area contributed by atoms with Crippen LogP contribution in [0.4, 0.5) is 5.00 Å². The summed E-state index contributed by atoms with van der Waals surface area (Å²) in [5.41, 5.74) is 7.06. The van der Waals surface area contributed by atoms with Gasteiger partial charge in [-0.3, -0.25) is 9.59 Å². The number of thiophene rings is 2. The van der Waals surface area contributed by atoms with Crippen molar-refractivity contribution >= 4 is 49.5 Å². The van der Waals surface area contributed by atoms with Crippen LogP contribution in [0.25, 0.3) is 0 Å². The molecule has 3 N–H and O–H groups in total. The molecule has 0 aromatic carbocycles. The van der Waals surface area contributed by atoms with Gasteiger partial charge in [-0.25, -0.2) is 8.42 Å². The number of amides is 2.